The predicted octanol–water partition coefficient (Wildman–Crippen LogP) is 10.7. The lowest BCUT2D eigenvalue weighted by Gasteiger charge is -2.22. The number of carbonyl (C=O) groups excluding carboxylic acids is 2. The molecule has 2 N–H and O–H groups in total. The standard InChI is InChI=1S/C38H69N3O3.ClH/c1-4-7-10-11-12-13-14-15-16-17-18-19-20-21-22-28-37(40-34-42)36-27-24-23-26-35(36)33-44-38(43)39-29-25-32-41(30-8-5-2)31-9-6-3;/h23-24,26-27,34,37H,4-22,25,28-33H2,1-3H3,(H,39,43)(H,40,42);1H. The van der Waals surface area contributed by atoms with Gasteiger partial charge in [-0.25, -0.2) is 4.79 Å². The maximum atomic E-state index is 12.4. The number of nitrogens with zero attached hydrogens (tertiary/aromatic N) is 1. The Hall–Kier alpha value is -1.79. The molecule has 1 atom stereocenters. The highest BCUT2D eigenvalue weighted by atomic mass is 35.5. The van der Waals surface area contributed by atoms with E-state index in [1.54, 1.807) is 0 Å². The third-order valence-corrected chi connectivity index (χ3v) is 8.73. The smallest absolute Gasteiger partial charge is 0.407 e. The second-order valence-corrected chi connectivity index (χ2v) is 12.7. The number of ether oxygens (including phenoxy) is 1. The minimum atomic E-state index is -0.379. The molecule has 0 saturated carbocycles. The fourth-order valence-electron chi connectivity index (χ4n) is 5.92. The topological polar surface area (TPSA) is 70.7 Å². The SMILES string of the molecule is CCCCCCCCCCCCCCCCCC(NC=O)c1ccccc1COC(=O)NCCCN(CCCC)CCCC.Cl. The van der Waals surface area contributed by atoms with Crippen LogP contribution in [0.3, 0.4) is 0 Å². The maximum absolute atomic E-state index is 12.4. The van der Waals surface area contributed by atoms with Gasteiger partial charge in [-0.05, 0) is 56.4 Å². The Labute approximate surface area is 284 Å². The van der Waals surface area contributed by atoms with Crippen molar-refractivity contribution in [3.05, 3.63) is 35.4 Å². The Morgan fingerprint density at radius 2 is 1.20 bits per heavy atom. The van der Waals surface area contributed by atoms with Gasteiger partial charge in [0.1, 0.15) is 6.61 Å². The van der Waals surface area contributed by atoms with Gasteiger partial charge < -0.3 is 20.3 Å². The molecule has 1 rings (SSSR count). The highest BCUT2D eigenvalue weighted by Crippen LogP contribution is 2.24. The molecule has 1 unspecified atom stereocenters. The molecule has 0 fully saturated rings. The Kier molecular flexibility index (Phi) is 30.9. The molecule has 0 aliphatic heterocycles. The number of carbonyl (C=O) groups is 2. The third-order valence-electron chi connectivity index (χ3n) is 8.73. The zero-order chi connectivity index (χ0) is 31.9. The van der Waals surface area contributed by atoms with Crippen LogP contribution in [0.25, 0.3) is 0 Å². The number of hydrogen-bond acceptors (Lipinski definition) is 4. The fourth-order valence-corrected chi connectivity index (χ4v) is 5.92. The molecule has 0 aliphatic rings. The van der Waals surface area contributed by atoms with E-state index in [1.165, 1.54) is 116 Å². The monoisotopic (exact) mass is 652 g/mol. The van der Waals surface area contributed by atoms with Crippen molar-refractivity contribution >= 4 is 24.9 Å². The van der Waals surface area contributed by atoms with Crippen molar-refractivity contribution in [1.29, 1.82) is 0 Å². The van der Waals surface area contributed by atoms with Crippen LogP contribution in [0.5, 0.6) is 0 Å². The van der Waals surface area contributed by atoms with Crippen molar-refractivity contribution in [2.45, 2.75) is 168 Å². The molecule has 0 heterocycles. The maximum Gasteiger partial charge on any atom is 0.407 e. The molecule has 2 amide bonds. The molecule has 0 spiro atoms. The Morgan fingerprint density at radius 1 is 0.711 bits per heavy atom. The molecule has 45 heavy (non-hydrogen) atoms. The van der Waals surface area contributed by atoms with Crippen LogP contribution >= 0.6 is 12.4 Å². The first-order valence-electron chi connectivity index (χ1n) is 18.6. The number of unbranched alkanes of at least 4 members (excludes halogenated alkanes) is 16. The highest BCUT2D eigenvalue weighted by Gasteiger charge is 2.15. The summed E-state index contributed by atoms with van der Waals surface area (Å²) in [6.07, 6.45) is 27.2. The van der Waals surface area contributed by atoms with Crippen molar-refractivity contribution < 1.29 is 14.3 Å². The molecule has 0 saturated heterocycles. The largest absolute Gasteiger partial charge is 0.445 e. The number of amides is 2. The van der Waals surface area contributed by atoms with Gasteiger partial charge in [0.2, 0.25) is 6.41 Å². The molecule has 7 heteroatoms. The van der Waals surface area contributed by atoms with Crippen LogP contribution in [0.15, 0.2) is 24.3 Å². The third kappa shape index (κ3) is 24.1. The molecule has 0 aliphatic carbocycles. The average molecular weight is 652 g/mol. The van der Waals surface area contributed by atoms with Crippen molar-refractivity contribution in [2.75, 3.05) is 26.2 Å². The summed E-state index contributed by atoms with van der Waals surface area (Å²) in [6, 6.07) is 7.94. The van der Waals surface area contributed by atoms with Crippen molar-refractivity contribution in [3.63, 3.8) is 0 Å². The summed E-state index contributed by atoms with van der Waals surface area (Å²) in [6.45, 7) is 10.8. The molecule has 1 aromatic carbocycles. The van der Waals surface area contributed by atoms with Gasteiger partial charge >= 0.3 is 6.09 Å². The lowest BCUT2D eigenvalue weighted by molar-refractivity contribution is -0.110. The number of nitrogens with one attached hydrogen (secondary N) is 2. The summed E-state index contributed by atoms with van der Waals surface area (Å²) >= 11 is 0. The van der Waals surface area contributed by atoms with Gasteiger partial charge in [-0.2, -0.15) is 0 Å². The van der Waals surface area contributed by atoms with E-state index in [2.05, 4.69) is 36.3 Å². The van der Waals surface area contributed by atoms with Crippen molar-refractivity contribution in [2.24, 2.45) is 0 Å². The Bertz CT molecular complexity index is 802. The highest BCUT2D eigenvalue weighted by molar-refractivity contribution is 5.85. The van der Waals surface area contributed by atoms with E-state index in [0.29, 0.717) is 6.54 Å². The minimum absolute atomic E-state index is 0. The summed E-state index contributed by atoms with van der Waals surface area (Å²) in [5, 5.41) is 5.93. The van der Waals surface area contributed by atoms with Crippen LogP contribution in [0.1, 0.15) is 173 Å². The molecule has 262 valence electrons. The number of benzene rings is 1. The van der Waals surface area contributed by atoms with Crippen LogP contribution in [-0.2, 0) is 16.1 Å². The van der Waals surface area contributed by atoms with Gasteiger partial charge in [0.15, 0.2) is 0 Å². The minimum Gasteiger partial charge on any atom is -0.445 e. The number of hydrogen-bond donors (Lipinski definition) is 2. The predicted molar refractivity (Wildman–Crippen MR) is 194 cm³/mol. The van der Waals surface area contributed by atoms with E-state index in [9.17, 15) is 9.59 Å². The fraction of sp³-hybridized carbons (Fsp3) is 0.789. The van der Waals surface area contributed by atoms with Crippen LogP contribution < -0.4 is 10.6 Å². The zero-order valence-electron chi connectivity index (χ0n) is 29.4. The van der Waals surface area contributed by atoms with Gasteiger partial charge in [0.25, 0.3) is 0 Å². The van der Waals surface area contributed by atoms with E-state index in [1.807, 2.05) is 24.3 Å². The zero-order valence-corrected chi connectivity index (χ0v) is 30.2. The van der Waals surface area contributed by atoms with Gasteiger partial charge in [-0.15, -0.1) is 12.4 Å². The lowest BCUT2D eigenvalue weighted by atomic mass is 9.95. The molecule has 1 aromatic rings. The first-order valence-corrected chi connectivity index (χ1v) is 18.6. The summed E-state index contributed by atoms with van der Waals surface area (Å²) in [5.41, 5.74) is 1.99. The lowest BCUT2D eigenvalue weighted by Crippen LogP contribution is -2.31. The van der Waals surface area contributed by atoms with Crippen molar-refractivity contribution in [1.82, 2.24) is 15.5 Å². The molecule has 0 aromatic heterocycles. The number of alkyl carbamates (subject to hydrolysis) is 1. The molecular formula is C38H70ClN3O3. The van der Waals surface area contributed by atoms with Crippen LogP contribution in [0.2, 0.25) is 0 Å². The van der Waals surface area contributed by atoms with Crippen LogP contribution in [0.4, 0.5) is 4.79 Å². The van der Waals surface area contributed by atoms with E-state index in [-0.39, 0.29) is 31.1 Å². The van der Waals surface area contributed by atoms with Crippen LogP contribution in [0, 0.1) is 0 Å². The first-order chi connectivity index (χ1) is 21.7. The first kappa shape index (κ1) is 43.2. The molecule has 0 bridgehead atoms. The van der Waals surface area contributed by atoms with E-state index in [4.69, 9.17) is 4.74 Å². The second-order valence-electron chi connectivity index (χ2n) is 12.7. The van der Waals surface area contributed by atoms with E-state index in [0.717, 1.165) is 56.4 Å². The summed E-state index contributed by atoms with van der Waals surface area (Å²) in [5.74, 6) is 0. The average Bonchev–Trinajstić information content (AvgIpc) is 3.04. The van der Waals surface area contributed by atoms with Gasteiger partial charge in [0.05, 0.1) is 6.04 Å². The van der Waals surface area contributed by atoms with Crippen molar-refractivity contribution in [3.8, 4) is 0 Å². The molecule has 0 radical (unpaired) electrons. The van der Waals surface area contributed by atoms with Gasteiger partial charge in [-0.3, -0.25) is 4.79 Å². The van der Waals surface area contributed by atoms with E-state index < -0.39 is 0 Å². The Morgan fingerprint density at radius 3 is 1.73 bits per heavy atom. The molecule has 6 nitrogen and oxygen atoms in total. The quantitative estimate of drug-likeness (QED) is 0.0619. The summed E-state index contributed by atoms with van der Waals surface area (Å²) in [4.78, 5) is 26.4. The van der Waals surface area contributed by atoms with E-state index >= 15 is 0 Å². The number of halogens is 1. The summed E-state index contributed by atoms with van der Waals surface area (Å²) < 4.78 is 5.59. The molecular weight excluding hydrogens is 582 g/mol. The normalized spacial score (nSPS) is 11.6. The number of rotatable bonds is 31. The van der Waals surface area contributed by atoms with Gasteiger partial charge in [0, 0.05) is 6.54 Å². The van der Waals surface area contributed by atoms with Gasteiger partial charge in [-0.1, -0.05) is 154 Å². The second kappa shape index (κ2) is 32.2. The Balaban J connectivity index is 0.0000194. The van der Waals surface area contributed by atoms with Crippen LogP contribution in [-0.4, -0.2) is 43.6 Å². The summed E-state index contributed by atoms with van der Waals surface area (Å²) in [7, 11) is 0.